The van der Waals surface area contributed by atoms with E-state index in [1.807, 2.05) is 4.90 Å². The van der Waals surface area contributed by atoms with Gasteiger partial charge in [0.25, 0.3) is 0 Å². The molecule has 0 unspecified atom stereocenters. The predicted molar refractivity (Wildman–Crippen MR) is 78.8 cm³/mol. The highest BCUT2D eigenvalue weighted by molar-refractivity contribution is 5.95. The van der Waals surface area contributed by atoms with Crippen LogP contribution in [0.3, 0.4) is 0 Å². The van der Waals surface area contributed by atoms with Gasteiger partial charge in [0.2, 0.25) is 5.91 Å². The molecule has 0 aliphatic heterocycles. The summed E-state index contributed by atoms with van der Waals surface area (Å²) in [6, 6.07) is 1.77. The maximum Gasteiger partial charge on any atom is 0.340 e. The number of ether oxygens (including phenoxy) is 1. The summed E-state index contributed by atoms with van der Waals surface area (Å²) in [6.45, 7) is 0.0716. The number of hydrogen-bond donors (Lipinski definition) is 2. The number of esters is 1. The van der Waals surface area contributed by atoms with Gasteiger partial charge in [-0.1, -0.05) is 12.8 Å². The summed E-state index contributed by atoms with van der Waals surface area (Å²) >= 11 is 0. The molecular formula is C14H20N4O3. The number of nitrogens with two attached hydrogens (primary N) is 2. The minimum absolute atomic E-state index is 0.0716. The van der Waals surface area contributed by atoms with Crippen LogP contribution in [0.2, 0.25) is 0 Å². The van der Waals surface area contributed by atoms with Crippen LogP contribution in [0.5, 0.6) is 0 Å². The van der Waals surface area contributed by atoms with E-state index in [-0.39, 0.29) is 23.8 Å². The Morgan fingerprint density at radius 2 is 2.10 bits per heavy atom. The van der Waals surface area contributed by atoms with E-state index in [9.17, 15) is 9.59 Å². The number of carbonyl (C=O) groups is 2. The fourth-order valence-corrected chi connectivity index (χ4v) is 2.68. The van der Waals surface area contributed by atoms with Crippen molar-refractivity contribution in [2.45, 2.75) is 31.7 Å². The first kappa shape index (κ1) is 15.1. The summed E-state index contributed by atoms with van der Waals surface area (Å²) in [7, 11) is 1.29. The predicted octanol–water partition coefficient (Wildman–Crippen LogP) is 0.685. The van der Waals surface area contributed by atoms with Gasteiger partial charge in [-0.05, 0) is 18.9 Å². The van der Waals surface area contributed by atoms with Crippen molar-refractivity contribution < 1.29 is 14.3 Å². The van der Waals surface area contributed by atoms with Gasteiger partial charge in [-0.15, -0.1) is 0 Å². The molecule has 0 atom stereocenters. The molecule has 0 spiro atoms. The Kier molecular flexibility index (Phi) is 4.62. The fraction of sp³-hybridized carbons (Fsp3) is 0.500. The smallest absolute Gasteiger partial charge is 0.340 e. The molecule has 1 fully saturated rings. The zero-order valence-electron chi connectivity index (χ0n) is 12.0. The van der Waals surface area contributed by atoms with Crippen molar-refractivity contribution in [2.75, 3.05) is 24.3 Å². The Hall–Kier alpha value is -2.31. The summed E-state index contributed by atoms with van der Waals surface area (Å²) in [5.41, 5.74) is 11.6. The Bertz CT molecular complexity index is 541. The van der Waals surface area contributed by atoms with Crippen LogP contribution in [0, 0.1) is 0 Å². The summed E-state index contributed by atoms with van der Waals surface area (Å²) in [5.74, 6) is -0.433. The second-order valence-electron chi connectivity index (χ2n) is 5.15. The van der Waals surface area contributed by atoms with E-state index in [1.54, 1.807) is 6.07 Å². The Morgan fingerprint density at radius 1 is 1.43 bits per heavy atom. The maximum absolute atomic E-state index is 11.7. The minimum atomic E-state index is -0.526. The molecule has 1 aromatic heterocycles. The maximum atomic E-state index is 11.7. The van der Waals surface area contributed by atoms with Crippen LogP contribution in [0.25, 0.3) is 0 Å². The summed E-state index contributed by atoms with van der Waals surface area (Å²) in [4.78, 5) is 29.1. The van der Waals surface area contributed by atoms with Gasteiger partial charge < -0.3 is 21.1 Å². The van der Waals surface area contributed by atoms with E-state index in [4.69, 9.17) is 16.2 Å². The van der Waals surface area contributed by atoms with E-state index in [1.165, 1.54) is 13.3 Å². The van der Waals surface area contributed by atoms with Crippen LogP contribution in [0.4, 0.5) is 11.5 Å². The van der Waals surface area contributed by atoms with Crippen molar-refractivity contribution in [3.63, 3.8) is 0 Å². The average Bonchev–Trinajstić information content (AvgIpc) is 2.98. The van der Waals surface area contributed by atoms with Gasteiger partial charge in [0, 0.05) is 6.04 Å². The Balaban J connectivity index is 2.34. The van der Waals surface area contributed by atoms with Crippen molar-refractivity contribution >= 4 is 23.4 Å². The highest BCUT2D eigenvalue weighted by Crippen LogP contribution is 2.28. The molecule has 2 rings (SSSR count). The van der Waals surface area contributed by atoms with Gasteiger partial charge in [-0.3, -0.25) is 4.79 Å². The van der Waals surface area contributed by atoms with Crippen molar-refractivity contribution in [1.29, 1.82) is 0 Å². The SMILES string of the molecule is COC(=O)c1cc(N(CC(N)=O)C2CCCC2)ncc1N. The van der Waals surface area contributed by atoms with E-state index >= 15 is 0 Å². The molecule has 0 radical (unpaired) electrons. The third-order valence-corrected chi connectivity index (χ3v) is 3.71. The third kappa shape index (κ3) is 3.42. The number of carbonyl (C=O) groups excluding carboxylic acids is 2. The van der Waals surface area contributed by atoms with Crippen LogP contribution in [0.1, 0.15) is 36.0 Å². The molecule has 1 aliphatic carbocycles. The van der Waals surface area contributed by atoms with E-state index in [0.29, 0.717) is 5.82 Å². The van der Waals surface area contributed by atoms with E-state index < -0.39 is 11.9 Å². The van der Waals surface area contributed by atoms with Crippen LogP contribution >= 0.6 is 0 Å². The lowest BCUT2D eigenvalue weighted by Gasteiger charge is -2.29. The number of nitrogen functional groups attached to an aromatic ring is 1. The molecule has 7 heteroatoms. The Morgan fingerprint density at radius 3 is 2.67 bits per heavy atom. The topological polar surface area (TPSA) is 112 Å². The van der Waals surface area contributed by atoms with Crippen molar-refractivity contribution in [3.8, 4) is 0 Å². The van der Waals surface area contributed by atoms with Gasteiger partial charge in [-0.25, -0.2) is 9.78 Å². The minimum Gasteiger partial charge on any atom is -0.465 e. The third-order valence-electron chi connectivity index (χ3n) is 3.71. The highest BCUT2D eigenvalue weighted by Gasteiger charge is 2.26. The number of pyridine rings is 1. The lowest BCUT2D eigenvalue weighted by molar-refractivity contribution is -0.116. The van der Waals surface area contributed by atoms with Gasteiger partial charge in [-0.2, -0.15) is 0 Å². The average molecular weight is 292 g/mol. The van der Waals surface area contributed by atoms with Crippen molar-refractivity contribution in [1.82, 2.24) is 4.98 Å². The standard InChI is InChI=1S/C14H20N4O3/c1-21-14(20)10-6-13(17-7-11(10)15)18(8-12(16)19)9-4-2-3-5-9/h6-7,9H,2-5,8,15H2,1H3,(H2,16,19). The summed E-state index contributed by atoms with van der Waals surface area (Å²) in [6.07, 6.45) is 5.59. The number of nitrogens with zero attached hydrogens (tertiary/aromatic N) is 2. The summed E-state index contributed by atoms with van der Waals surface area (Å²) in [5, 5.41) is 0. The van der Waals surface area contributed by atoms with Gasteiger partial charge in [0.05, 0.1) is 31.1 Å². The first-order valence-corrected chi connectivity index (χ1v) is 6.91. The molecule has 21 heavy (non-hydrogen) atoms. The first-order valence-electron chi connectivity index (χ1n) is 6.91. The van der Waals surface area contributed by atoms with E-state index in [2.05, 4.69) is 4.98 Å². The second-order valence-corrected chi connectivity index (χ2v) is 5.15. The molecule has 1 amide bonds. The summed E-state index contributed by atoms with van der Waals surface area (Å²) < 4.78 is 4.70. The number of primary amides is 1. The molecule has 1 aliphatic rings. The number of amides is 1. The molecule has 1 heterocycles. The van der Waals surface area contributed by atoms with Crippen LogP contribution < -0.4 is 16.4 Å². The molecule has 114 valence electrons. The monoisotopic (exact) mass is 292 g/mol. The van der Waals surface area contributed by atoms with Crippen LogP contribution in [-0.2, 0) is 9.53 Å². The zero-order chi connectivity index (χ0) is 15.4. The second kappa shape index (κ2) is 6.43. The van der Waals surface area contributed by atoms with Gasteiger partial charge >= 0.3 is 5.97 Å². The molecular weight excluding hydrogens is 272 g/mol. The number of rotatable bonds is 5. The molecule has 7 nitrogen and oxygen atoms in total. The van der Waals surface area contributed by atoms with Gasteiger partial charge in [0.1, 0.15) is 5.82 Å². The quantitative estimate of drug-likeness (QED) is 0.772. The van der Waals surface area contributed by atoms with E-state index in [0.717, 1.165) is 25.7 Å². The van der Waals surface area contributed by atoms with Gasteiger partial charge in [0.15, 0.2) is 0 Å². The largest absolute Gasteiger partial charge is 0.465 e. The molecule has 0 aromatic carbocycles. The number of aromatic nitrogens is 1. The van der Waals surface area contributed by atoms with Crippen molar-refractivity contribution in [3.05, 3.63) is 17.8 Å². The number of methoxy groups -OCH3 is 1. The number of anilines is 2. The van der Waals surface area contributed by atoms with Crippen molar-refractivity contribution in [2.24, 2.45) is 5.73 Å². The molecule has 0 saturated heterocycles. The molecule has 0 bridgehead atoms. The highest BCUT2D eigenvalue weighted by atomic mass is 16.5. The first-order chi connectivity index (χ1) is 10.0. The van der Waals surface area contributed by atoms with Crippen LogP contribution in [0.15, 0.2) is 12.3 Å². The normalized spacial score (nSPS) is 14.9. The lowest BCUT2D eigenvalue weighted by Crippen LogP contribution is -2.40. The van der Waals surface area contributed by atoms with Crippen LogP contribution in [-0.4, -0.2) is 36.6 Å². The molecule has 4 N–H and O–H groups in total. The molecule has 1 aromatic rings. The zero-order valence-corrected chi connectivity index (χ0v) is 12.0. The fourth-order valence-electron chi connectivity index (χ4n) is 2.68. The number of hydrogen-bond acceptors (Lipinski definition) is 6. The molecule has 1 saturated carbocycles. The lowest BCUT2D eigenvalue weighted by atomic mass is 10.1. The Labute approximate surface area is 123 Å².